The third kappa shape index (κ3) is 2.36. The molecular formula is C13H17BBrClO2. The van der Waals surface area contributed by atoms with Gasteiger partial charge in [-0.25, -0.2) is 0 Å². The monoisotopic (exact) mass is 330 g/mol. The number of rotatable bonds is 1. The minimum Gasteiger partial charge on any atom is -0.399 e. The van der Waals surface area contributed by atoms with Gasteiger partial charge in [0.2, 0.25) is 0 Å². The SMILES string of the molecule is Cc1cc(Br)cc(Cl)c1B1OC(C)(C)C(C)(C)O1. The van der Waals surface area contributed by atoms with Crippen molar-refractivity contribution in [2.24, 2.45) is 0 Å². The minimum absolute atomic E-state index is 0.347. The van der Waals surface area contributed by atoms with Gasteiger partial charge in [0.15, 0.2) is 0 Å². The molecule has 0 amide bonds. The van der Waals surface area contributed by atoms with Crippen molar-refractivity contribution < 1.29 is 9.31 Å². The molecule has 5 heteroatoms. The Morgan fingerprint density at radius 3 is 2.06 bits per heavy atom. The number of hydrogen-bond acceptors (Lipinski definition) is 2. The minimum atomic E-state index is -0.407. The molecule has 2 nitrogen and oxygen atoms in total. The lowest BCUT2D eigenvalue weighted by Crippen LogP contribution is -2.41. The second kappa shape index (κ2) is 4.52. The van der Waals surface area contributed by atoms with Gasteiger partial charge in [-0.2, -0.15) is 0 Å². The van der Waals surface area contributed by atoms with Gasteiger partial charge in [0.25, 0.3) is 0 Å². The maximum atomic E-state index is 6.31. The average molecular weight is 331 g/mol. The molecule has 1 aliphatic rings. The van der Waals surface area contributed by atoms with E-state index >= 15 is 0 Å². The Hall–Kier alpha value is -0.0251. The van der Waals surface area contributed by atoms with Crippen molar-refractivity contribution in [2.75, 3.05) is 0 Å². The van der Waals surface area contributed by atoms with E-state index < -0.39 is 7.12 Å². The molecule has 0 atom stereocenters. The van der Waals surface area contributed by atoms with Crippen LogP contribution in [0.1, 0.15) is 33.3 Å². The highest BCUT2D eigenvalue weighted by atomic mass is 79.9. The van der Waals surface area contributed by atoms with Gasteiger partial charge in [0.1, 0.15) is 0 Å². The normalized spacial score (nSPS) is 21.4. The predicted molar refractivity (Wildman–Crippen MR) is 79.6 cm³/mol. The molecule has 1 saturated heterocycles. The Labute approximate surface area is 122 Å². The van der Waals surface area contributed by atoms with Crippen LogP contribution in [0.4, 0.5) is 0 Å². The molecule has 1 aromatic carbocycles. The van der Waals surface area contributed by atoms with E-state index in [1.807, 2.05) is 46.8 Å². The first-order valence-electron chi connectivity index (χ1n) is 5.95. The number of hydrogen-bond donors (Lipinski definition) is 0. The Morgan fingerprint density at radius 2 is 1.61 bits per heavy atom. The fourth-order valence-electron chi connectivity index (χ4n) is 1.97. The molecule has 0 radical (unpaired) electrons. The molecule has 1 fully saturated rings. The maximum Gasteiger partial charge on any atom is 0.496 e. The van der Waals surface area contributed by atoms with Crippen LogP contribution in [0.5, 0.6) is 0 Å². The van der Waals surface area contributed by atoms with Gasteiger partial charge < -0.3 is 9.31 Å². The third-order valence-electron chi connectivity index (χ3n) is 3.79. The lowest BCUT2D eigenvalue weighted by Gasteiger charge is -2.32. The van der Waals surface area contributed by atoms with Crippen molar-refractivity contribution in [3.05, 3.63) is 27.2 Å². The Kier molecular flexibility index (Phi) is 3.61. The maximum absolute atomic E-state index is 6.31. The van der Waals surface area contributed by atoms with E-state index in [0.717, 1.165) is 15.5 Å². The number of benzene rings is 1. The van der Waals surface area contributed by atoms with Crippen molar-refractivity contribution in [1.82, 2.24) is 0 Å². The smallest absolute Gasteiger partial charge is 0.399 e. The highest BCUT2D eigenvalue weighted by Gasteiger charge is 2.52. The molecule has 18 heavy (non-hydrogen) atoms. The van der Waals surface area contributed by atoms with Gasteiger partial charge in [0.05, 0.1) is 11.2 Å². The van der Waals surface area contributed by atoms with Gasteiger partial charge in [-0.3, -0.25) is 0 Å². The Morgan fingerprint density at radius 1 is 1.11 bits per heavy atom. The molecule has 0 aromatic heterocycles. The van der Waals surface area contributed by atoms with Crippen molar-refractivity contribution in [3.63, 3.8) is 0 Å². The summed E-state index contributed by atoms with van der Waals surface area (Å²) in [6.45, 7) is 10.2. The summed E-state index contributed by atoms with van der Waals surface area (Å²) in [7, 11) is -0.407. The van der Waals surface area contributed by atoms with Crippen LogP contribution in [-0.4, -0.2) is 18.3 Å². The summed E-state index contributed by atoms with van der Waals surface area (Å²) in [5.74, 6) is 0. The fourth-order valence-corrected chi connectivity index (χ4v) is 3.03. The van der Waals surface area contributed by atoms with Crippen LogP contribution in [0, 0.1) is 6.92 Å². The van der Waals surface area contributed by atoms with Crippen molar-refractivity contribution in [3.8, 4) is 0 Å². The van der Waals surface area contributed by atoms with E-state index in [2.05, 4.69) is 15.9 Å². The highest BCUT2D eigenvalue weighted by Crippen LogP contribution is 2.37. The predicted octanol–water partition coefficient (Wildman–Crippen LogP) is 3.71. The standard InChI is InChI=1S/C13H17BBrClO2/c1-8-6-9(15)7-10(16)11(8)14-17-12(2,3)13(4,5)18-14/h6-7H,1-5H3. The molecule has 0 spiro atoms. The average Bonchev–Trinajstić information content (AvgIpc) is 2.32. The summed E-state index contributed by atoms with van der Waals surface area (Å²) >= 11 is 9.75. The van der Waals surface area contributed by atoms with Crippen molar-refractivity contribution in [2.45, 2.75) is 45.8 Å². The van der Waals surface area contributed by atoms with Gasteiger partial charge in [-0.05, 0) is 52.3 Å². The number of halogens is 2. The van der Waals surface area contributed by atoms with Crippen LogP contribution in [0.15, 0.2) is 16.6 Å². The second-order valence-electron chi connectivity index (χ2n) is 5.71. The van der Waals surface area contributed by atoms with Crippen LogP contribution in [0.3, 0.4) is 0 Å². The molecule has 0 bridgehead atoms. The molecule has 0 saturated carbocycles. The summed E-state index contributed by atoms with van der Waals surface area (Å²) in [6.07, 6.45) is 0. The first-order valence-corrected chi connectivity index (χ1v) is 7.12. The zero-order valence-electron chi connectivity index (χ0n) is 11.3. The summed E-state index contributed by atoms with van der Waals surface area (Å²) in [4.78, 5) is 0. The molecule has 0 N–H and O–H groups in total. The molecule has 1 aromatic rings. The summed E-state index contributed by atoms with van der Waals surface area (Å²) in [6, 6.07) is 3.89. The molecule has 2 rings (SSSR count). The molecule has 1 heterocycles. The second-order valence-corrected chi connectivity index (χ2v) is 7.03. The van der Waals surface area contributed by atoms with Crippen molar-refractivity contribution in [1.29, 1.82) is 0 Å². The lowest BCUT2D eigenvalue weighted by molar-refractivity contribution is 0.00578. The largest absolute Gasteiger partial charge is 0.496 e. The molecular weight excluding hydrogens is 314 g/mol. The zero-order valence-corrected chi connectivity index (χ0v) is 13.6. The summed E-state index contributed by atoms with van der Waals surface area (Å²) < 4.78 is 13.0. The topological polar surface area (TPSA) is 18.5 Å². The fraction of sp³-hybridized carbons (Fsp3) is 0.538. The summed E-state index contributed by atoms with van der Waals surface area (Å²) in [5, 5.41) is 0.667. The highest BCUT2D eigenvalue weighted by molar-refractivity contribution is 9.10. The molecule has 0 unspecified atom stereocenters. The van der Waals surface area contributed by atoms with Gasteiger partial charge in [0, 0.05) is 15.0 Å². The van der Waals surface area contributed by atoms with Crippen LogP contribution in [-0.2, 0) is 9.31 Å². The quantitative estimate of drug-likeness (QED) is 0.731. The van der Waals surface area contributed by atoms with Crippen LogP contribution in [0.25, 0.3) is 0 Å². The Balaban J connectivity index is 2.42. The van der Waals surface area contributed by atoms with E-state index in [9.17, 15) is 0 Å². The van der Waals surface area contributed by atoms with Crippen molar-refractivity contribution >= 4 is 40.1 Å². The van der Waals surface area contributed by atoms with E-state index in [1.165, 1.54) is 0 Å². The molecule has 0 aliphatic carbocycles. The van der Waals surface area contributed by atoms with E-state index in [1.54, 1.807) is 0 Å². The van der Waals surface area contributed by atoms with Crippen LogP contribution >= 0.6 is 27.5 Å². The molecule has 98 valence electrons. The van der Waals surface area contributed by atoms with Crippen LogP contribution in [0.2, 0.25) is 5.02 Å². The first-order chi connectivity index (χ1) is 8.14. The summed E-state index contributed by atoms with van der Waals surface area (Å²) in [5.41, 5.74) is 1.28. The van der Waals surface area contributed by atoms with Gasteiger partial charge >= 0.3 is 7.12 Å². The Bertz CT molecular complexity index is 449. The lowest BCUT2D eigenvalue weighted by atomic mass is 9.76. The number of aryl methyl sites for hydroxylation is 1. The van der Waals surface area contributed by atoms with Crippen LogP contribution < -0.4 is 5.46 Å². The first kappa shape index (κ1) is 14.4. The molecule has 1 aliphatic heterocycles. The van der Waals surface area contributed by atoms with Gasteiger partial charge in [-0.1, -0.05) is 27.5 Å². The van der Waals surface area contributed by atoms with Gasteiger partial charge in [-0.15, -0.1) is 0 Å². The zero-order chi connectivity index (χ0) is 13.7. The van der Waals surface area contributed by atoms with E-state index in [0.29, 0.717) is 5.02 Å². The third-order valence-corrected chi connectivity index (χ3v) is 4.56. The van der Waals surface area contributed by atoms with E-state index in [-0.39, 0.29) is 11.2 Å². The van der Waals surface area contributed by atoms with E-state index in [4.69, 9.17) is 20.9 Å².